The molecule has 0 bridgehead atoms. The topological polar surface area (TPSA) is 13.6 Å². The lowest BCUT2D eigenvalue weighted by molar-refractivity contribution is 0.156. The van der Waals surface area contributed by atoms with Crippen molar-refractivity contribution in [3.8, 4) is 0 Å². The van der Waals surface area contributed by atoms with Crippen LogP contribution in [0.3, 0.4) is 0 Å². The van der Waals surface area contributed by atoms with Crippen LogP contribution in [-0.2, 0) is 4.74 Å². The van der Waals surface area contributed by atoms with Crippen LogP contribution in [0.5, 0.6) is 0 Å². The first-order valence-corrected chi connectivity index (χ1v) is 6.82. The summed E-state index contributed by atoms with van der Waals surface area (Å²) in [6.07, 6.45) is 13.5. The van der Waals surface area contributed by atoms with Gasteiger partial charge >= 0.3 is 6.73 Å². The highest BCUT2D eigenvalue weighted by Crippen LogP contribution is 2.10. The molecule has 0 spiro atoms. The van der Waals surface area contributed by atoms with Gasteiger partial charge in [-0.25, -0.2) is 6.57 Å². The summed E-state index contributed by atoms with van der Waals surface area (Å²) in [7, 11) is 0. The van der Waals surface area contributed by atoms with Crippen LogP contribution in [0.25, 0.3) is 4.85 Å². The van der Waals surface area contributed by atoms with E-state index in [4.69, 9.17) is 11.3 Å². The van der Waals surface area contributed by atoms with Crippen LogP contribution in [0.1, 0.15) is 71.1 Å². The minimum atomic E-state index is 0.234. The van der Waals surface area contributed by atoms with Gasteiger partial charge in [0.25, 0.3) is 0 Å². The van der Waals surface area contributed by atoms with Gasteiger partial charge in [0, 0.05) is 0 Å². The lowest BCUT2D eigenvalue weighted by Gasteiger charge is -2.01. The Labute approximate surface area is 101 Å². The van der Waals surface area contributed by atoms with E-state index < -0.39 is 0 Å². The maximum Gasteiger partial charge on any atom is 0.318 e. The Kier molecular flexibility index (Phi) is 14.0. The Morgan fingerprint density at radius 3 is 1.81 bits per heavy atom. The molecule has 0 rings (SSSR count). The molecule has 0 aromatic carbocycles. The van der Waals surface area contributed by atoms with Crippen LogP contribution in [0, 0.1) is 6.57 Å². The van der Waals surface area contributed by atoms with Gasteiger partial charge in [0.15, 0.2) is 0 Å². The second-order valence-electron chi connectivity index (χ2n) is 4.38. The highest BCUT2D eigenvalue weighted by molar-refractivity contribution is 4.49. The standard InChI is InChI=1S/C14H27NO/c1-3-4-5-6-7-8-9-10-11-12-13-16-14-15-2/h3-14H2,1H3. The van der Waals surface area contributed by atoms with Crippen molar-refractivity contribution in [1.82, 2.24) is 0 Å². The zero-order valence-electron chi connectivity index (χ0n) is 10.8. The number of hydrogen-bond donors (Lipinski definition) is 0. The fraction of sp³-hybridized carbons (Fsp3) is 0.929. The lowest BCUT2D eigenvalue weighted by Crippen LogP contribution is -1.92. The van der Waals surface area contributed by atoms with Crippen LogP contribution in [0.4, 0.5) is 0 Å². The van der Waals surface area contributed by atoms with E-state index >= 15 is 0 Å². The number of rotatable bonds is 12. The second-order valence-corrected chi connectivity index (χ2v) is 4.38. The fourth-order valence-corrected chi connectivity index (χ4v) is 1.80. The maximum absolute atomic E-state index is 6.54. The van der Waals surface area contributed by atoms with E-state index in [0.29, 0.717) is 0 Å². The molecule has 0 fully saturated rings. The molecule has 94 valence electrons. The molecule has 0 saturated heterocycles. The van der Waals surface area contributed by atoms with Crippen LogP contribution in [0.15, 0.2) is 0 Å². The van der Waals surface area contributed by atoms with Crippen molar-refractivity contribution in [2.75, 3.05) is 13.3 Å². The highest BCUT2D eigenvalue weighted by atomic mass is 16.5. The third-order valence-corrected chi connectivity index (χ3v) is 2.80. The SMILES string of the molecule is [C-]#[N+]COCCCCCCCCCCCC. The average molecular weight is 225 g/mol. The molecule has 16 heavy (non-hydrogen) atoms. The van der Waals surface area contributed by atoms with Gasteiger partial charge in [-0.1, -0.05) is 64.7 Å². The Bertz CT molecular complexity index is 163. The quantitative estimate of drug-likeness (QED) is 0.343. The van der Waals surface area contributed by atoms with Crippen molar-refractivity contribution >= 4 is 0 Å². The van der Waals surface area contributed by atoms with Crippen LogP contribution in [0.2, 0.25) is 0 Å². The van der Waals surface area contributed by atoms with Crippen LogP contribution < -0.4 is 0 Å². The van der Waals surface area contributed by atoms with E-state index in [1.165, 1.54) is 57.8 Å². The third-order valence-electron chi connectivity index (χ3n) is 2.80. The molecule has 0 amide bonds. The second kappa shape index (κ2) is 14.5. The highest BCUT2D eigenvalue weighted by Gasteiger charge is 1.93. The molecule has 0 aromatic rings. The largest absolute Gasteiger partial charge is 0.318 e. The van der Waals surface area contributed by atoms with E-state index in [2.05, 4.69) is 11.8 Å². The Hall–Kier alpha value is -0.550. The van der Waals surface area contributed by atoms with Gasteiger partial charge in [-0.2, -0.15) is 0 Å². The van der Waals surface area contributed by atoms with Gasteiger partial charge < -0.3 is 4.74 Å². The summed E-state index contributed by atoms with van der Waals surface area (Å²) in [6.45, 7) is 9.80. The normalized spacial score (nSPS) is 10.2. The monoisotopic (exact) mass is 225 g/mol. The molecule has 2 nitrogen and oxygen atoms in total. The number of nitrogens with zero attached hydrogens (tertiary/aromatic N) is 1. The van der Waals surface area contributed by atoms with Crippen LogP contribution >= 0.6 is 0 Å². The molecule has 0 atom stereocenters. The zero-order chi connectivity index (χ0) is 11.9. The van der Waals surface area contributed by atoms with E-state index in [9.17, 15) is 0 Å². The van der Waals surface area contributed by atoms with Crippen molar-refractivity contribution in [2.24, 2.45) is 0 Å². The minimum absolute atomic E-state index is 0.234. The van der Waals surface area contributed by atoms with E-state index in [1.54, 1.807) is 0 Å². The minimum Gasteiger partial charge on any atom is -0.313 e. The molecule has 0 saturated carbocycles. The Balaban J connectivity index is 2.86. The van der Waals surface area contributed by atoms with E-state index in [-0.39, 0.29) is 6.73 Å². The first-order valence-electron chi connectivity index (χ1n) is 6.82. The predicted molar refractivity (Wildman–Crippen MR) is 69.3 cm³/mol. The molecule has 0 radical (unpaired) electrons. The van der Waals surface area contributed by atoms with Gasteiger partial charge in [0.1, 0.15) is 0 Å². The van der Waals surface area contributed by atoms with Gasteiger partial charge in [-0.05, 0) is 6.42 Å². The van der Waals surface area contributed by atoms with Gasteiger partial charge in [-0.3, -0.25) is 4.85 Å². The summed E-state index contributed by atoms with van der Waals surface area (Å²) in [5.41, 5.74) is 0. The molecule has 0 aliphatic carbocycles. The van der Waals surface area contributed by atoms with Crippen molar-refractivity contribution in [3.05, 3.63) is 11.4 Å². The summed E-state index contributed by atoms with van der Waals surface area (Å²) in [5.74, 6) is 0. The molecule has 0 aliphatic heterocycles. The third kappa shape index (κ3) is 13.4. The summed E-state index contributed by atoms with van der Waals surface area (Å²) in [6, 6.07) is 0. The summed E-state index contributed by atoms with van der Waals surface area (Å²) in [4.78, 5) is 3.15. The molecule has 0 heterocycles. The molecule has 0 aliphatic rings. The summed E-state index contributed by atoms with van der Waals surface area (Å²) < 4.78 is 5.10. The van der Waals surface area contributed by atoms with Crippen molar-refractivity contribution in [2.45, 2.75) is 71.1 Å². The fourth-order valence-electron chi connectivity index (χ4n) is 1.80. The van der Waals surface area contributed by atoms with Crippen molar-refractivity contribution < 1.29 is 4.74 Å². The number of ether oxygens (including phenoxy) is 1. The molecule has 2 heteroatoms. The first-order chi connectivity index (χ1) is 7.91. The predicted octanol–water partition coefficient (Wildman–Crippen LogP) is 4.80. The molecular weight excluding hydrogens is 198 g/mol. The Morgan fingerprint density at radius 2 is 1.31 bits per heavy atom. The Morgan fingerprint density at radius 1 is 0.812 bits per heavy atom. The molecule has 0 unspecified atom stereocenters. The van der Waals surface area contributed by atoms with Crippen molar-refractivity contribution in [3.63, 3.8) is 0 Å². The average Bonchev–Trinajstić information content (AvgIpc) is 2.31. The van der Waals surface area contributed by atoms with Crippen LogP contribution in [-0.4, -0.2) is 13.3 Å². The number of unbranched alkanes of at least 4 members (excludes halogenated alkanes) is 9. The lowest BCUT2D eigenvalue weighted by atomic mass is 10.1. The van der Waals surface area contributed by atoms with Gasteiger partial charge in [0.05, 0.1) is 6.61 Å². The molecule has 0 N–H and O–H groups in total. The van der Waals surface area contributed by atoms with E-state index in [0.717, 1.165) is 13.0 Å². The van der Waals surface area contributed by atoms with Crippen molar-refractivity contribution in [1.29, 1.82) is 0 Å². The summed E-state index contributed by atoms with van der Waals surface area (Å²) >= 11 is 0. The molecule has 0 aromatic heterocycles. The number of hydrogen-bond acceptors (Lipinski definition) is 1. The van der Waals surface area contributed by atoms with Gasteiger partial charge in [-0.15, -0.1) is 0 Å². The summed E-state index contributed by atoms with van der Waals surface area (Å²) in [5, 5.41) is 0. The molecular formula is C14H27NO. The smallest absolute Gasteiger partial charge is 0.313 e. The first kappa shape index (κ1) is 15.4. The van der Waals surface area contributed by atoms with Gasteiger partial charge in [0.2, 0.25) is 0 Å². The zero-order valence-corrected chi connectivity index (χ0v) is 10.8. The maximum atomic E-state index is 6.54. The van der Waals surface area contributed by atoms with E-state index in [1.807, 2.05) is 0 Å².